The number of halogens is 2. The maximum atomic E-state index is 13.1. The fourth-order valence-corrected chi connectivity index (χ4v) is 3.69. The minimum atomic E-state index is -0.260. The molecule has 0 radical (unpaired) electrons. The molecule has 3 aromatic rings. The highest BCUT2D eigenvalue weighted by atomic mass is 79.9. The van der Waals surface area contributed by atoms with Gasteiger partial charge >= 0.3 is 0 Å². The van der Waals surface area contributed by atoms with Crippen molar-refractivity contribution in [1.29, 1.82) is 0 Å². The van der Waals surface area contributed by atoms with Gasteiger partial charge in [0.25, 0.3) is 5.91 Å². The summed E-state index contributed by atoms with van der Waals surface area (Å²) in [6, 6.07) is 15.7. The summed E-state index contributed by atoms with van der Waals surface area (Å²) in [5.74, 6) is 0.513. The lowest BCUT2D eigenvalue weighted by Crippen LogP contribution is -2.48. The minimum absolute atomic E-state index is 0.0617. The second-order valence-corrected chi connectivity index (χ2v) is 7.83. The van der Waals surface area contributed by atoms with Gasteiger partial charge < -0.3 is 10.2 Å². The Bertz CT molecular complexity index is 955. The number of nitrogens with one attached hydrogen (secondary N) is 2. The van der Waals surface area contributed by atoms with Gasteiger partial charge in [-0.1, -0.05) is 15.9 Å². The number of piperidine rings is 1. The molecule has 0 aliphatic carbocycles. The summed E-state index contributed by atoms with van der Waals surface area (Å²) < 4.78 is 14.1. The predicted octanol–water partition coefficient (Wildman–Crippen LogP) is 4.38. The number of aromatic amines is 1. The van der Waals surface area contributed by atoms with Gasteiger partial charge in [0.15, 0.2) is 5.82 Å². The first-order chi connectivity index (χ1) is 13.6. The average molecular weight is 443 g/mol. The molecular weight excluding hydrogens is 423 g/mol. The van der Waals surface area contributed by atoms with Gasteiger partial charge in [-0.2, -0.15) is 5.10 Å². The van der Waals surface area contributed by atoms with Crippen LogP contribution in [0.3, 0.4) is 0 Å². The summed E-state index contributed by atoms with van der Waals surface area (Å²) in [5.41, 5.74) is 2.38. The van der Waals surface area contributed by atoms with E-state index in [1.807, 2.05) is 30.3 Å². The Labute approximate surface area is 171 Å². The highest BCUT2D eigenvalue weighted by Gasteiger charge is 2.23. The number of rotatable bonds is 4. The lowest BCUT2D eigenvalue weighted by molar-refractivity contribution is 0.0933. The molecule has 144 valence electrons. The molecule has 1 fully saturated rings. The van der Waals surface area contributed by atoms with Crippen molar-refractivity contribution in [3.05, 3.63) is 70.5 Å². The Kier molecular flexibility index (Phi) is 5.43. The number of hydrogen-bond acceptors (Lipinski definition) is 3. The Balaban J connectivity index is 1.42. The quantitative estimate of drug-likeness (QED) is 0.630. The van der Waals surface area contributed by atoms with Gasteiger partial charge in [-0.3, -0.25) is 9.89 Å². The standard InChI is InChI=1S/C21H20BrFN4O/c22-16-7-3-15(4-8-16)21(28)24-18-2-1-11-27(13-18)20-12-19(25-26-20)14-5-9-17(23)10-6-14/h3-10,12,18H,1-2,11,13H2,(H,24,28)(H,25,26)/t18-/m1/s1. The molecule has 1 aliphatic rings. The van der Waals surface area contributed by atoms with Crippen LogP contribution in [-0.2, 0) is 0 Å². The maximum absolute atomic E-state index is 13.1. The molecule has 5 nitrogen and oxygen atoms in total. The van der Waals surface area contributed by atoms with Crippen LogP contribution in [0.15, 0.2) is 59.1 Å². The molecule has 0 spiro atoms. The number of benzene rings is 2. The minimum Gasteiger partial charge on any atom is -0.353 e. The Hall–Kier alpha value is -2.67. The molecule has 28 heavy (non-hydrogen) atoms. The zero-order valence-electron chi connectivity index (χ0n) is 15.2. The molecule has 1 saturated heterocycles. The maximum Gasteiger partial charge on any atom is 0.251 e. The number of carbonyl (C=O) groups excluding carboxylic acids is 1. The van der Waals surface area contributed by atoms with Gasteiger partial charge in [-0.05, 0) is 66.9 Å². The van der Waals surface area contributed by atoms with Crippen molar-refractivity contribution < 1.29 is 9.18 Å². The van der Waals surface area contributed by atoms with Crippen LogP contribution < -0.4 is 10.2 Å². The number of H-pyrrole nitrogens is 1. The van der Waals surface area contributed by atoms with Gasteiger partial charge in [0.2, 0.25) is 0 Å². The molecular formula is C21H20BrFN4O. The zero-order chi connectivity index (χ0) is 19.5. The van der Waals surface area contributed by atoms with Crippen LogP contribution in [0.25, 0.3) is 11.3 Å². The highest BCUT2D eigenvalue weighted by Crippen LogP contribution is 2.24. The molecule has 1 aliphatic heterocycles. The third kappa shape index (κ3) is 4.25. The Morgan fingerprint density at radius 1 is 1.18 bits per heavy atom. The molecule has 1 aromatic heterocycles. The van der Waals surface area contributed by atoms with Crippen LogP contribution in [0.1, 0.15) is 23.2 Å². The molecule has 4 rings (SSSR count). The van der Waals surface area contributed by atoms with Crippen molar-refractivity contribution in [2.45, 2.75) is 18.9 Å². The number of nitrogens with zero attached hydrogens (tertiary/aromatic N) is 2. The first-order valence-corrected chi connectivity index (χ1v) is 10.0. The van der Waals surface area contributed by atoms with E-state index in [-0.39, 0.29) is 17.8 Å². The lowest BCUT2D eigenvalue weighted by Gasteiger charge is -2.33. The predicted molar refractivity (Wildman–Crippen MR) is 111 cm³/mol. The van der Waals surface area contributed by atoms with Crippen LogP contribution in [0.4, 0.5) is 10.2 Å². The fraction of sp³-hybridized carbons (Fsp3) is 0.238. The molecule has 1 atom stereocenters. The summed E-state index contributed by atoms with van der Waals surface area (Å²) in [6.45, 7) is 1.59. The van der Waals surface area contributed by atoms with Crippen molar-refractivity contribution in [2.75, 3.05) is 18.0 Å². The highest BCUT2D eigenvalue weighted by molar-refractivity contribution is 9.10. The third-order valence-corrected chi connectivity index (χ3v) is 5.44. The van der Waals surface area contributed by atoms with Gasteiger partial charge in [0, 0.05) is 35.2 Å². The van der Waals surface area contributed by atoms with E-state index >= 15 is 0 Å². The molecule has 2 N–H and O–H groups in total. The first kappa shape index (κ1) is 18.7. The van der Waals surface area contributed by atoms with Crippen LogP contribution in [-0.4, -0.2) is 35.2 Å². The Morgan fingerprint density at radius 3 is 2.68 bits per heavy atom. The van der Waals surface area contributed by atoms with Crippen molar-refractivity contribution in [1.82, 2.24) is 15.5 Å². The van der Waals surface area contributed by atoms with E-state index < -0.39 is 0 Å². The smallest absolute Gasteiger partial charge is 0.251 e. The van der Waals surface area contributed by atoms with Crippen LogP contribution >= 0.6 is 15.9 Å². The molecule has 1 amide bonds. The molecule has 0 bridgehead atoms. The molecule has 0 unspecified atom stereocenters. The zero-order valence-corrected chi connectivity index (χ0v) is 16.7. The van der Waals surface area contributed by atoms with E-state index in [0.29, 0.717) is 12.1 Å². The van der Waals surface area contributed by atoms with E-state index in [1.165, 1.54) is 12.1 Å². The third-order valence-electron chi connectivity index (χ3n) is 4.91. The molecule has 2 heterocycles. The summed E-state index contributed by atoms with van der Waals surface area (Å²) in [7, 11) is 0. The van der Waals surface area contributed by atoms with Crippen LogP contribution in [0, 0.1) is 5.82 Å². The number of anilines is 1. The normalized spacial score (nSPS) is 16.8. The lowest BCUT2D eigenvalue weighted by atomic mass is 10.0. The summed E-state index contributed by atoms with van der Waals surface area (Å²) in [4.78, 5) is 14.7. The molecule has 7 heteroatoms. The van der Waals surface area contributed by atoms with E-state index in [0.717, 1.165) is 40.9 Å². The van der Waals surface area contributed by atoms with Crippen LogP contribution in [0.5, 0.6) is 0 Å². The van der Waals surface area contributed by atoms with Crippen molar-refractivity contribution in [3.8, 4) is 11.3 Å². The largest absolute Gasteiger partial charge is 0.353 e. The van der Waals surface area contributed by atoms with Crippen LogP contribution in [0.2, 0.25) is 0 Å². The summed E-state index contributed by atoms with van der Waals surface area (Å²) in [5, 5.41) is 10.6. The van der Waals surface area contributed by atoms with Crippen molar-refractivity contribution in [3.63, 3.8) is 0 Å². The van der Waals surface area contributed by atoms with E-state index in [1.54, 1.807) is 12.1 Å². The van der Waals surface area contributed by atoms with Gasteiger partial charge in [-0.15, -0.1) is 0 Å². The summed E-state index contributed by atoms with van der Waals surface area (Å²) in [6.07, 6.45) is 1.91. The van der Waals surface area contributed by atoms with Crippen molar-refractivity contribution in [2.24, 2.45) is 0 Å². The number of carbonyl (C=O) groups is 1. The fourth-order valence-electron chi connectivity index (χ4n) is 3.42. The van der Waals surface area contributed by atoms with Crippen molar-refractivity contribution >= 4 is 27.7 Å². The topological polar surface area (TPSA) is 61.0 Å². The molecule has 0 saturated carbocycles. The second kappa shape index (κ2) is 8.14. The van der Waals surface area contributed by atoms with E-state index in [4.69, 9.17) is 0 Å². The van der Waals surface area contributed by atoms with E-state index in [2.05, 4.69) is 36.3 Å². The first-order valence-electron chi connectivity index (χ1n) is 9.21. The monoisotopic (exact) mass is 442 g/mol. The number of aromatic nitrogens is 2. The Morgan fingerprint density at radius 2 is 1.93 bits per heavy atom. The SMILES string of the molecule is O=C(N[C@@H]1CCCN(c2cc(-c3ccc(F)cc3)[nH]n2)C1)c1ccc(Br)cc1. The van der Waals surface area contributed by atoms with Gasteiger partial charge in [0.05, 0.1) is 5.69 Å². The summed E-state index contributed by atoms with van der Waals surface area (Å²) >= 11 is 3.38. The van der Waals surface area contributed by atoms with Gasteiger partial charge in [0.1, 0.15) is 5.82 Å². The molecule has 2 aromatic carbocycles. The van der Waals surface area contributed by atoms with Gasteiger partial charge in [-0.25, -0.2) is 4.39 Å². The number of amides is 1. The number of hydrogen-bond donors (Lipinski definition) is 2. The average Bonchev–Trinajstić information content (AvgIpc) is 3.19. The second-order valence-electron chi connectivity index (χ2n) is 6.91. The van der Waals surface area contributed by atoms with E-state index in [9.17, 15) is 9.18 Å².